The lowest BCUT2D eigenvalue weighted by molar-refractivity contribution is 0.305. The van der Waals surface area contributed by atoms with Gasteiger partial charge in [-0.2, -0.15) is 0 Å². The molecule has 1 aliphatic carbocycles. The van der Waals surface area contributed by atoms with Crippen molar-refractivity contribution in [2.75, 3.05) is 0 Å². The maximum atomic E-state index is 14.4. The zero-order valence-corrected chi connectivity index (χ0v) is 13.4. The summed E-state index contributed by atoms with van der Waals surface area (Å²) in [5, 5.41) is 0.263. The zero-order chi connectivity index (χ0) is 15.6. The predicted molar refractivity (Wildman–Crippen MR) is 87.7 cm³/mol. The van der Waals surface area contributed by atoms with Crippen molar-refractivity contribution >= 4 is 17.3 Å². The second-order valence-electron chi connectivity index (χ2n) is 5.10. The van der Waals surface area contributed by atoms with Gasteiger partial charge in [0.2, 0.25) is 0 Å². The number of rotatable bonds is 3. The molecule has 21 heavy (non-hydrogen) atoms. The second-order valence-corrected chi connectivity index (χ2v) is 5.51. The SMILES string of the molecule is C=C1C(C)=NC=CN1/C(=C\C)C1=C(Cl)C(F)C(CC)C=C1. The summed E-state index contributed by atoms with van der Waals surface area (Å²) in [4.78, 5) is 6.10. The molecule has 0 aromatic carbocycles. The van der Waals surface area contributed by atoms with Gasteiger partial charge in [-0.25, -0.2) is 4.39 Å². The molecule has 112 valence electrons. The lowest BCUT2D eigenvalue weighted by Crippen LogP contribution is -2.26. The van der Waals surface area contributed by atoms with Crippen molar-refractivity contribution in [2.45, 2.75) is 33.4 Å². The van der Waals surface area contributed by atoms with Gasteiger partial charge in [-0.1, -0.05) is 43.3 Å². The normalized spacial score (nSPS) is 26.5. The number of nitrogens with zero attached hydrogens (tertiary/aromatic N) is 2. The third-order valence-electron chi connectivity index (χ3n) is 3.86. The van der Waals surface area contributed by atoms with Crippen molar-refractivity contribution in [1.82, 2.24) is 4.90 Å². The average molecular weight is 307 g/mol. The van der Waals surface area contributed by atoms with E-state index in [1.165, 1.54) is 0 Å². The van der Waals surface area contributed by atoms with Crippen LogP contribution in [0.2, 0.25) is 0 Å². The monoisotopic (exact) mass is 306 g/mol. The smallest absolute Gasteiger partial charge is 0.142 e. The highest BCUT2D eigenvalue weighted by molar-refractivity contribution is 6.31. The molecule has 0 spiro atoms. The van der Waals surface area contributed by atoms with Crippen molar-refractivity contribution in [3.05, 3.63) is 59.2 Å². The molecule has 2 rings (SSSR count). The van der Waals surface area contributed by atoms with Gasteiger partial charge in [0.15, 0.2) is 0 Å². The number of hydrogen-bond acceptors (Lipinski definition) is 2. The van der Waals surface area contributed by atoms with Crippen LogP contribution in [0, 0.1) is 5.92 Å². The van der Waals surface area contributed by atoms with E-state index in [9.17, 15) is 4.39 Å². The third kappa shape index (κ3) is 2.88. The minimum atomic E-state index is -1.15. The summed E-state index contributed by atoms with van der Waals surface area (Å²) in [6.07, 6.45) is 8.81. The Kier molecular flexibility index (Phi) is 4.84. The number of halogens is 2. The van der Waals surface area contributed by atoms with Crippen LogP contribution in [0.1, 0.15) is 27.2 Å². The van der Waals surface area contributed by atoms with Crippen LogP contribution in [-0.2, 0) is 0 Å². The Morgan fingerprint density at radius 3 is 2.90 bits per heavy atom. The minimum Gasteiger partial charge on any atom is -0.314 e. The van der Waals surface area contributed by atoms with Crippen molar-refractivity contribution < 1.29 is 4.39 Å². The van der Waals surface area contributed by atoms with E-state index >= 15 is 0 Å². The Bertz CT molecular complexity index is 596. The number of alkyl halides is 1. The fraction of sp³-hybridized carbons (Fsp3) is 0.353. The van der Waals surface area contributed by atoms with Gasteiger partial charge in [0.25, 0.3) is 0 Å². The Hall–Kier alpha value is -1.61. The predicted octanol–water partition coefficient (Wildman–Crippen LogP) is 5.08. The quantitative estimate of drug-likeness (QED) is 0.710. The van der Waals surface area contributed by atoms with Crippen LogP contribution in [0.3, 0.4) is 0 Å². The summed E-state index contributed by atoms with van der Waals surface area (Å²) in [6, 6.07) is 0. The van der Waals surface area contributed by atoms with E-state index in [1.807, 2.05) is 50.1 Å². The van der Waals surface area contributed by atoms with E-state index in [0.717, 1.165) is 23.5 Å². The van der Waals surface area contributed by atoms with Gasteiger partial charge in [0, 0.05) is 29.6 Å². The highest BCUT2D eigenvalue weighted by atomic mass is 35.5. The van der Waals surface area contributed by atoms with Gasteiger partial charge < -0.3 is 4.90 Å². The van der Waals surface area contributed by atoms with E-state index in [2.05, 4.69) is 11.6 Å². The standard InChI is InChI=1S/C17H20ClFN2/c1-5-13-7-8-14(16(18)17(13)19)15(6-2)21-10-9-20-11(3)12(21)4/h6-10,13,17H,4-5H2,1-3H3/b15-6-. The molecule has 1 heterocycles. The average Bonchev–Trinajstić information content (AvgIpc) is 2.48. The molecule has 0 bridgehead atoms. The van der Waals surface area contributed by atoms with E-state index in [4.69, 9.17) is 11.6 Å². The van der Waals surface area contributed by atoms with Crippen LogP contribution >= 0.6 is 11.6 Å². The van der Waals surface area contributed by atoms with Crippen LogP contribution in [0.25, 0.3) is 0 Å². The fourth-order valence-corrected chi connectivity index (χ4v) is 2.81. The fourth-order valence-electron chi connectivity index (χ4n) is 2.48. The summed E-state index contributed by atoms with van der Waals surface area (Å²) in [6.45, 7) is 9.79. The number of allylic oxidation sites excluding steroid dienone is 5. The lowest BCUT2D eigenvalue weighted by Gasteiger charge is -2.31. The second kappa shape index (κ2) is 6.44. The summed E-state index contributed by atoms with van der Waals surface area (Å²) in [5.74, 6) is -0.150. The maximum Gasteiger partial charge on any atom is 0.142 e. The molecule has 1 aliphatic heterocycles. The Morgan fingerprint density at radius 1 is 1.57 bits per heavy atom. The van der Waals surface area contributed by atoms with Gasteiger partial charge in [-0.05, 0) is 20.3 Å². The highest BCUT2D eigenvalue weighted by Gasteiger charge is 2.29. The molecule has 0 fully saturated rings. The first kappa shape index (κ1) is 15.8. The van der Waals surface area contributed by atoms with E-state index in [0.29, 0.717) is 5.57 Å². The van der Waals surface area contributed by atoms with Crippen LogP contribution in [-0.4, -0.2) is 16.8 Å². The van der Waals surface area contributed by atoms with Crippen LogP contribution in [0.15, 0.2) is 64.2 Å². The molecule has 0 saturated heterocycles. The molecule has 0 aromatic heterocycles. The highest BCUT2D eigenvalue weighted by Crippen LogP contribution is 2.36. The molecular weight excluding hydrogens is 287 g/mol. The molecule has 0 N–H and O–H groups in total. The summed E-state index contributed by atoms with van der Waals surface area (Å²) >= 11 is 6.29. The molecule has 0 aromatic rings. The first-order valence-corrected chi connectivity index (χ1v) is 7.47. The molecular formula is C17H20ClFN2. The molecule has 0 amide bonds. The maximum absolute atomic E-state index is 14.4. The van der Waals surface area contributed by atoms with Gasteiger partial charge in [-0.15, -0.1) is 0 Å². The van der Waals surface area contributed by atoms with Gasteiger partial charge in [0.05, 0.1) is 16.4 Å². The molecule has 4 heteroatoms. The summed E-state index contributed by atoms with van der Waals surface area (Å²) in [5.41, 5.74) is 3.13. The molecule has 2 nitrogen and oxygen atoms in total. The van der Waals surface area contributed by atoms with Crippen molar-refractivity contribution in [3.8, 4) is 0 Å². The third-order valence-corrected chi connectivity index (χ3v) is 4.27. The largest absolute Gasteiger partial charge is 0.314 e. The lowest BCUT2D eigenvalue weighted by atomic mass is 9.91. The topological polar surface area (TPSA) is 15.6 Å². The van der Waals surface area contributed by atoms with Crippen molar-refractivity contribution in [3.63, 3.8) is 0 Å². The first-order chi connectivity index (χ1) is 10.0. The molecule has 2 unspecified atom stereocenters. The summed E-state index contributed by atoms with van der Waals surface area (Å²) in [7, 11) is 0. The zero-order valence-electron chi connectivity index (χ0n) is 12.6. The van der Waals surface area contributed by atoms with Crippen molar-refractivity contribution in [1.29, 1.82) is 0 Å². The van der Waals surface area contributed by atoms with Crippen LogP contribution in [0.4, 0.5) is 4.39 Å². The molecule has 2 aliphatic rings. The van der Waals surface area contributed by atoms with Crippen LogP contribution < -0.4 is 0 Å². The van der Waals surface area contributed by atoms with Gasteiger partial charge in [0.1, 0.15) is 6.17 Å². The molecule has 0 saturated carbocycles. The number of hydrogen-bond donors (Lipinski definition) is 0. The Balaban J connectivity index is 2.38. The molecule has 0 radical (unpaired) electrons. The minimum absolute atomic E-state index is 0.150. The van der Waals surface area contributed by atoms with E-state index in [-0.39, 0.29) is 11.0 Å². The Morgan fingerprint density at radius 2 is 2.29 bits per heavy atom. The molecule has 2 atom stereocenters. The van der Waals surface area contributed by atoms with E-state index < -0.39 is 6.17 Å². The number of aliphatic imine (C=N–C) groups is 1. The first-order valence-electron chi connectivity index (χ1n) is 7.09. The van der Waals surface area contributed by atoms with Gasteiger partial charge >= 0.3 is 0 Å². The Labute approximate surface area is 130 Å². The van der Waals surface area contributed by atoms with E-state index in [1.54, 1.807) is 6.20 Å². The van der Waals surface area contributed by atoms with Gasteiger partial charge in [-0.3, -0.25) is 4.99 Å². The summed E-state index contributed by atoms with van der Waals surface area (Å²) < 4.78 is 14.4. The van der Waals surface area contributed by atoms with Crippen molar-refractivity contribution in [2.24, 2.45) is 10.9 Å². The van der Waals surface area contributed by atoms with Crippen LogP contribution in [0.5, 0.6) is 0 Å².